The first kappa shape index (κ1) is 20.7. The van der Waals surface area contributed by atoms with Gasteiger partial charge in [-0.3, -0.25) is 14.9 Å². The number of hydrogen-bond donors (Lipinski definition) is 0. The molecule has 0 radical (unpaired) electrons. The van der Waals surface area contributed by atoms with Crippen molar-refractivity contribution in [3.63, 3.8) is 0 Å². The van der Waals surface area contributed by atoms with E-state index in [1.807, 2.05) is 25.1 Å². The predicted molar refractivity (Wildman–Crippen MR) is 105 cm³/mol. The van der Waals surface area contributed by atoms with Gasteiger partial charge in [-0.25, -0.2) is 8.42 Å². The predicted octanol–water partition coefficient (Wildman–Crippen LogP) is 1.82. The zero-order valence-corrected chi connectivity index (χ0v) is 16.7. The molecular weight excluding hydrogens is 398 g/mol. The van der Waals surface area contributed by atoms with Crippen molar-refractivity contribution >= 4 is 21.6 Å². The Morgan fingerprint density at radius 1 is 1.10 bits per heavy atom. The Morgan fingerprint density at radius 3 is 2.45 bits per heavy atom. The molecule has 1 saturated heterocycles. The maximum atomic E-state index is 12.8. The van der Waals surface area contributed by atoms with Gasteiger partial charge in [0.2, 0.25) is 10.0 Å². The van der Waals surface area contributed by atoms with Crippen LogP contribution in [0.4, 0.5) is 5.69 Å². The highest BCUT2D eigenvalue weighted by atomic mass is 32.2. The summed E-state index contributed by atoms with van der Waals surface area (Å²) in [5.74, 6) is 0.411. The van der Waals surface area contributed by atoms with Gasteiger partial charge < -0.3 is 9.64 Å². The summed E-state index contributed by atoms with van der Waals surface area (Å²) < 4.78 is 32.3. The number of para-hydroxylation sites is 1. The van der Waals surface area contributed by atoms with Crippen LogP contribution >= 0.6 is 0 Å². The normalized spacial score (nSPS) is 15.1. The zero-order valence-electron chi connectivity index (χ0n) is 15.9. The van der Waals surface area contributed by atoms with E-state index in [0.29, 0.717) is 5.75 Å². The quantitative estimate of drug-likeness (QED) is 0.522. The van der Waals surface area contributed by atoms with Crippen LogP contribution in [0.2, 0.25) is 0 Å². The fourth-order valence-corrected chi connectivity index (χ4v) is 4.50. The minimum atomic E-state index is -3.87. The van der Waals surface area contributed by atoms with Gasteiger partial charge in [0.05, 0.1) is 9.82 Å². The second-order valence-corrected chi connectivity index (χ2v) is 8.53. The topological polar surface area (TPSA) is 110 Å². The van der Waals surface area contributed by atoms with E-state index >= 15 is 0 Å². The fourth-order valence-electron chi connectivity index (χ4n) is 3.03. The minimum absolute atomic E-state index is 0.112. The number of ether oxygens (including phenoxy) is 1. The third kappa shape index (κ3) is 4.72. The summed E-state index contributed by atoms with van der Waals surface area (Å²) in [6.45, 7) is 2.44. The molecule has 1 heterocycles. The number of benzene rings is 2. The van der Waals surface area contributed by atoms with Gasteiger partial charge >= 0.3 is 0 Å². The number of amides is 1. The highest BCUT2D eigenvalue weighted by Gasteiger charge is 2.31. The maximum absolute atomic E-state index is 12.8. The number of piperazine rings is 1. The summed E-state index contributed by atoms with van der Waals surface area (Å²) in [7, 11) is -3.87. The molecule has 1 aliphatic rings. The van der Waals surface area contributed by atoms with Gasteiger partial charge in [-0.05, 0) is 24.6 Å². The molecule has 0 saturated carbocycles. The number of non-ortho nitro benzene ring substituents is 1. The van der Waals surface area contributed by atoms with Crippen LogP contribution < -0.4 is 4.74 Å². The number of carbonyl (C=O) groups excluding carboxylic acids is 1. The van der Waals surface area contributed by atoms with E-state index in [1.165, 1.54) is 22.5 Å². The molecule has 1 amide bonds. The van der Waals surface area contributed by atoms with E-state index in [0.717, 1.165) is 11.6 Å². The second kappa shape index (κ2) is 8.58. The number of hydrogen-bond acceptors (Lipinski definition) is 6. The van der Waals surface area contributed by atoms with E-state index in [2.05, 4.69) is 0 Å². The van der Waals surface area contributed by atoms with Gasteiger partial charge in [0.15, 0.2) is 6.61 Å². The Labute approximate surface area is 168 Å². The molecule has 0 unspecified atom stereocenters. The summed E-state index contributed by atoms with van der Waals surface area (Å²) >= 11 is 0. The first-order valence-corrected chi connectivity index (χ1v) is 10.4. The lowest BCUT2D eigenvalue weighted by molar-refractivity contribution is -0.385. The van der Waals surface area contributed by atoms with Gasteiger partial charge in [0.25, 0.3) is 11.6 Å². The molecule has 10 heteroatoms. The highest BCUT2D eigenvalue weighted by molar-refractivity contribution is 7.89. The van der Waals surface area contributed by atoms with Crippen LogP contribution in [0, 0.1) is 17.0 Å². The molecule has 2 aromatic rings. The van der Waals surface area contributed by atoms with E-state index in [1.54, 1.807) is 11.0 Å². The van der Waals surface area contributed by atoms with Crippen molar-refractivity contribution in [2.75, 3.05) is 32.8 Å². The zero-order chi connectivity index (χ0) is 21.0. The van der Waals surface area contributed by atoms with E-state index < -0.39 is 14.9 Å². The smallest absolute Gasteiger partial charge is 0.270 e. The van der Waals surface area contributed by atoms with E-state index in [9.17, 15) is 23.3 Å². The maximum Gasteiger partial charge on any atom is 0.270 e. The molecule has 0 spiro atoms. The molecule has 1 fully saturated rings. The largest absolute Gasteiger partial charge is 0.484 e. The molecule has 0 aromatic heterocycles. The van der Waals surface area contributed by atoms with Crippen LogP contribution in [0.25, 0.3) is 0 Å². The fraction of sp³-hybridized carbons (Fsp3) is 0.316. The van der Waals surface area contributed by atoms with Crippen LogP contribution in [0.5, 0.6) is 5.75 Å². The summed E-state index contributed by atoms with van der Waals surface area (Å²) in [6, 6.07) is 12.3. The van der Waals surface area contributed by atoms with Crippen molar-refractivity contribution in [1.29, 1.82) is 0 Å². The molecule has 0 N–H and O–H groups in total. The van der Waals surface area contributed by atoms with Crippen molar-refractivity contribution in [1.82, 2.24) is 9.21 Å². The third-order valence-electron chi connectivity index (χ3n) is 4.70. The second-order valence-electron chi connectivity index (χ2n) is 6.59. The lowest BCUT2D eigenvalue weighted by Crippen LogP contribution is -2.51. The average Bonchev–Trinajstić information content (AvgIpc) is 2.73. The third-order valence-corrected chi connectivity index (χ3v) is 6.60. The van der Waals surface area contributed by atoms with Crippen LogP contribution in [-0.2, 0) is 14.8 Å². The summed E-state index contributed by atoms with van der Waals surface area (Å²) in [4.78, 5) is 24.1. The molecule has 1 aliphatic heterocycles. The van der Waals surface area contributed by atoms with Crippen molar-refractivity contribution in [2.45, 2.75) is 11.8 Å². The summed E-state index contributed by atoms with van der Waals surface area (Å²) in [5, 5.41) is 10.9. The van der Waals surface area contributed by atoms with Crippen LogP contribution in [-0.4, -0.2) is 61.2 Å². The van der Waals surface area contributed by atoms with Gasteiger partial charge in [-0.15, -0.1) is 0 Å². The van der Waals surface area contributed by atoms with Gasteiger partial charge in [0, 0.05) is 38.3 Å². The van der Waals surface area contributed by atoms with Crippen molar-refractivity contribution in [3.8, 4) is 5.75 Å². The van der Waals surface area contributed by atoms with Crippen LogP contribution in [0.1, 0.15) is 5.56 Å². The van der Waals surface area contributed by atoms with Crippen molar-refractivity contribution < 1.29 is 22.9 Å². The standard InChI is InChI=1S/C19H21N3O6S/c1-15-5-2-3-8-18(15)28-14-19(23)20-9-11-21(12-10-20)29(26,27)17-7-4-6-16(13-17)22(24)25/h2-8,13H,9-12,14H2,1H3. The molecule has 3 rings (SSSR count). The Kier molecular flexibility index (Phi) is 6.14. The number of nitrogens with zero attached hydrogens (tertiary/aromatic N) is 3. The number of nitro groups is 1. The lowest BCUT2D eigenvalue weighted by atomic mass is 10.2. The molecule has 2 aromatic carbocycles. The molecule has 0 atom stereocenters. The van der Waals surface area contributed by atoms with Crippen LogP contribution in [0.3, 0.4) is 0 Å². The first-order valence-electron chi connectivity index (χ1n) is 9.00. The minimum Gasteiger partial charge on any atom is -0.484 e. The van der Waals surface area contributed by atoms with Gasteiger partial charge in [0.1, 0.15) is 5.75 Å². The summed E-state index contributed by atoms with van der Waals surface area (Å²) in [6.07, 6.45) is 0. The van der Waals surface area contributed by atoms with Crippen molar-refractivity contribution in [3.05, 3.63) is 64.2 Å². The van der Waals surface area contributed by atoms with Crippen molar-refractivity contribution in [2.24, 2.45) is 0 Å². The molecule has 0 bridgehead atoms. The number of nitro benzene ring substituents is 1. The number of carbonyl (C=O) groups is 1. The highest BCUT2D eigenvalue weighted by Crippen LogP contribution is 2.22. The average molecular weight is 419 g/mol. The Bertz CT molecular complexity index is 1020. The first-order chi connectivity index (χ1) is 13.8. The van der Waals surface area contributed by atoms with E-state index in [4.69, 9.17) is 4.74 Å². The van der Waals surface area contributed by atoms with E-state index in [-0.39, 0.29) is 49.3 Å². The molecule has 9 nitrogen and oxygen atoms in total. The SMILES string of the molecule is Cc1ccccc1OCC(=O)N1CCN(S(=O)(=O)c2cccc([N+](=O)[O-])c2)CC1. The monoisotopic (exact) mass is 419 g/mol. The molecular formula is C19H21N3O6S. The molecule has 0 aliphatic carbocycles. The Hall–Kier alpha value is -2.98. The number of rotatable bonds is 6. The molecule has 29 heavy (non-hydrogen) atoms. The van der Waals surface area contributed by atoms with Gasteiger partial charge in [-0.2, -0.15) is 4.31 Å². The Morgan fingerprint density at radius 2 is 1.79 bits per heavy atom. The van der Waals surface area contributed by atoms with Crippen LogP contribution in [0.15, 0.2) is 53.4 Å². The number of aryl methyl sites for hydroxylation is 1. The molecule has 154 valence electrons. The lowest BCUT2D eigenvalue weighted by Gasteiger charge is -2.34. The Balaban J connectivity index is 1.59. The number of sulfonamides is 1. The summed E-state index contributed by atoms with van der Waals surface area (Å²) in [5.41, 5.74) is 0.640. The van der Waals surface area contributed by atoms with Gasteiger partial charge in [-0.1, -0.05) is 24.3 Å².